The predicted molar refractivity (Wildman–Crippen MR) is 133 cm³/mol. The highest BCUT2D eigenvalue weighted by Crippen LogP contribution is 2.41. The molecule has 2 saturated heterocycles. The molecule has 1 unspecified atom stereocenters. The van der Waals surface area contributed by atoms with E-state index in [9.17, 15) is 18.0 Å². The number of piperidine rings is 1. The van der Waals surface area contributed by atoms with Crippen LogP contribution in [0.3, 0.4) is 0 Å². The number of aromatic nitrogens is 2. The van der Waals surface area contributed by atoms with Crippen LogP contribution in [0, 0.1) is 0 Å². The third-order valence-corrected chi connectivity index (χ3v) is 7.27. The van der Waals surface area contributed by atoms with Gasteiger partial charge in [-0.15, -0.1) is 0 Å². The number of carbonyl (C=O) groups is 1. The van der Waals surface area contributed by atoms with Gasteiger partial charge in [0, 0.05) is 25.7 Å². The summed E-state index contributed by atoms with van der Waals surface area (Å²) in [7, 11) is 1.52. The summed E-state index contributed by atoms with van der Waals surface area (Å²) in [6, 6.07) is 6.86. The number of nitrogens with zero attached hydrogens (tertiary/aromatic N) is 3. The van der Waals surface area contributed by atoms with E-state index in [0.717, 1.165) is 12.0 Å². The van der Waals surface area contributed by atoms with Crippen LogP contribution >= 0.6 is 0 Å². The second kappa shape index (κ2) is 11.1. The van der Waals surface area contributed by atoms with Crippen molar-refractivity contribution in [2.75, 3.05) is 33.4 Å². The fraction of sp³-hybridized carbons (Fsp3) is 0.630. The summed E-state index contributed by atoms with van der Waals surface area (Å²) in [6.45, 7) is 6.59. The number of amides is 1. The van der Waals surface area contributed by atoms with Crippen molar-refractivity contribution in [3.8, 4) is 5.75 Å². The smallest absolute Gasteiger partial charge is 0.427 e. The molecule has 3 heterocycles. The van der Waals surface area contributed by atoms with Crippen LogP contribution in [0.1, 0.15) is 57.2 Å². The molecule has 1 aromatic heterocycles. The average molecular weight is 540 g/mol. The third-order valence-electron chi connectivity index (χ3n) is 7.27. The van der Waals surface area contributed by atoms with Gasteiger partial charge < -0.3 is 23.8 Å². The number of benzene rings is 1. The molecule has 210 valence electrons. The van der Waals surface area contributed by atoms with Crippen LogP contribution in [-0.4, -0.2) is 72.1 Å². The van der Waals surface area contributed by atoms with Gasteiger partial charge in [-0.1, -0.05) is 32.9 Å². The molecule has 1 aromatic carbocycles. The first-order valence-electron chi connectivity index (χ1n) is 12.8. The zero-order valence-electron chi connectivity index (χ0n) is 22.3. The van der Waals surface area contributed by atoms with E-state index in [4.69, 9.17) is 18.9 Å². The van der Waals surface area contributed by atoms with Gasteiger partial charge >= 0.3 is 12.3 Å². The number of methoxy groups -OCH3 is 1. The Hall–Kier alpha value is -2.79. The summed E-state index contributed by atoms with van der Waals surface area (Å²) in [6.07, 6.45) is -2.38. The molecule has 38 heavy (non-hydrogen) atoms. The Balaban J connectivity index is 1.27. The van der Waals surface area contributed by atoms with Crippen LogP contribution < -0.4 is 4.74 Å². The van der Waals surface area contributed by atoms with Crippen molar-refractivity contribution in [3.05, 3.63) is 47.8 Å². The van der Waals surface area contributed by atoms with Crippen molar-refractivity contribution in [2.24, 2.45) is 0 Å². The van der Waals surface area contributed by atoms with E-state index in [-0.39, 0.29) is 31.2 Å². The Bertz CT molecular complexity index is 1070. The van der Waals surface area contributed by atoms with Gasteiger partial charge in [0.2, 0.25) is 6.10 Å². The highest BCUT2D eigenvalue weighted by atomic mass is 19.4. The number of halogens is 3. The summed E-state index contributed by atoms with van der Waals surface area (Å²) in [5.41, 5.74) is 1.40. The fourth-order valence-electron chi connectivity index (χ4n) is 4.76. The minimum absolute atomic E-state index is 0.00387. The molecular weight excluding hydrogens is 503 g/mol. The molecule has 1 spiro atoms. The van der Waals surface area contributed by atoms with Gasteiger partial charge in [-0.2, -0.15) is 18.3 Å². The van der Waals surface area contributed by atoms with Gasteiger partial charge in [0.1, 0.15) is 5.75 Å². The third kappa shape index (κ3) is 6.79. The summed E-state index contributed by atoms with van der Waals surface area (Å²) in [5, 5.41) is 4.52. The highest BCUT2D eigenvalue weighted by Gasteiger charge is 2.47. The number of hydrogen-bond acceptors (Lipinski definition) is 6. The van der Waals surface area contributed by atoms with Crippen molar-refractivity contribution in [1.82, 2.24) is 14.7 Å². The highest BCUT2D eigenvalue weighted by molar-refractivity contribution is 5.68. The summed E-state index contributed by atoms with van der Waals surface area (Å²) in [4.78, 5) is 13.9. The molecule has 8 nitrogen and oxygen atoms in total. The van der Waals surface area contributed by atoms with Crippen LogP contribution in [0.4, 0.5) is 18.0 Å². The lowest BCUT2D eigenvalue weighted by Gasteiger charge is -2.38. The van der Waals surface area contributed by atoms with E-state index >= 15 is 0 Å². The van der Waals surface area contributed by atoms with Crippen LogP contribution in [0.25, 0.3) is 0 Å². The summed E-state index contributed by atoms with van der Waals surface area (Å²) < 4.78 is 64.0. The van der Waals surface area contributed by atoms with Crippen LogP contribution in [0.5, 0.6) is 5.75 Å². The lowest BCUT2D eigenvalue weighted by Crippen LogP contribution is -2.49. The van der Waals surface area contributed by atoms with E-state index in [1.54, 1.807) is 24.3 Å². The van der Waals surface area contributed by atoms with Gasteiger partial charge in [-0.05, 0) is 41.5 Å². The van der Waals surface area contributed by atoms with E-state index in [1.165, 1.54) is 12.0 Å². The Morgan fingerprint density at radius 3 is 2.45 bits per heavy atom. The van der Waals surface area contributed by atoms with Crippen molar-refractivity contribution < 1.29 is 36.9 Å². The molecule has 1 amide bonds. The SMILES string of the molecule is COc1ccc(COC[C@@H](OC(=O)N2CCC3(CC2)CC(n2cc(C(C)(C)C)cn2)CO3)C(F)(F)F)cc1. The second-order valence-corrected chi connectivity index (χ2v) is 11.1. The van der Waals surface area contributed by atoms with E-state index in [0.29, 0.717) is 30.8 Å². The minimum atomic E-state index is -4.75. The standard InChI is InChI=1S/C27H36F3N3O5/c1-25(2,3)20-14-31-33(15-20)21-13-26(37-17-21)9-11-32(12-10-26)24(34)38-23(27(28,29)30)18-36-16-19-5-7-22(35-4)8-6-19/h5-8,14-15,21,23H,9-13,16-18H2,1-4H3/t21?,23-/m1/s1. The molecule has 0 aliphatic carbocycles. The molecule has 4 rings (SSSR count). The largest absolute Gasteiger partial charge is 0.497 e. The molecular formula is C27H36F3N3O5. The maximum Gasteiger partial charge on any atom is 0.427 e. The van der Waals surface area contributed by atoms with Crippen molar-refractivity contribution >= 4 is 6.09 Å². The molecule has 2 aromatic rings. The number of alkyl halides is 3. The maximum absolute atomic E-state index is 13.6. The normalized spacial score (nSPS) is 20.5. The minimum Gasteiger partial charge on any atom is -0.497 e. The predicted octanol–water partition coefficient (Wildman–Crippen LogP) is 5.27. The van der Waals surface area contributed by atoms with E-state index in [2.05, 4.69) is 25.9 Å². The zero-order valence-corrected chi connectivity index (χ0v) is 22.3. The van der Waals surface area contributed by atoms with Gasteiger partial charge in [-0.25, -0.2) is 4.79 Å². The maximum atomic E-state index is 13.6. The lowest BCUT2D eigenvalue weighted by atomic mass is 9.87. The summed E-state index contributed by atoms with van der Waals surface area (Å²) >= 11 is 0. The van der Waals surface area contributed by atoms with Gasteiger partial charge in [0.25, 0.3) is 0 Å². The van der Waals surface area contributed by atoms with Crippen LogP contribution in [0.2, 0.25) is 0 Å². The zero-order chi connectivity index (χ0) is 27.6. The average Bonchev–Trinajstić information content (AvgIpc) is 3.52. The molecule has 0 N–H and O–H groups in total. The molecule has 2 atom stereocenters. The molecule has 11 heteroatoms. The van der Waals surface area contributed by atoms with Crippen LogP contribution in [0.15, 0.2) is 36.7 Å². The molecule has 2 aliphatic rings. The van der Waals surface area contributed by atoms with Crippen molar-refractivity contribution in [3.63, 3.8) is 0 Å². The fourth-order valence-corrected chi connectivity index (χ4v) is 4.76. The quantitative estimate of drug-likeness (QED) is 0.477. The Labute approximate surface area is 221 Å². The van der Waals surface area contributed by atoms with Gasteiger partial charge in [0.15, 0.2) is 0 Å². The number of ether oxygens (including phenoxy) is 4. The number of rotatable bonds is 7. The number of likely N-dealkylation sites (tertiary alicyclic amines) is 1. The first-order chi connectivity index (χ1) is 17.9. The Kier molecular flexibility index (Phi) is 8.27. The monoisotopic (exact) mass is 539 g/mol. The number of hydrogen-bond donors (Lipinski definition) is 0. The first-order valence-corrected chi connectivity index (χ1v) is 12.8. The Morgan fingerprint density at radius 2 is 1.87 bits per heavy atom. The molecule has 2 aliphatic heterocycles. The molecule has 0 bridgehead atoms. The topological polar surface area (TPSA) is 75.1 Å². The van der Waals surface area contributed by atoms with Crippen molar-refractivity contribution in [1.29, 1.82) is 0 Å². The molecule has 0 saturated carbocycles. The van der Waals surface area contributed by atoms with Gasteiger partial charge in [0.05, 0.1) is 44.8 Å². The molecule has 0 radical (unpaired) electrons. The van der Waals surface area contributed by atoms with E-state index in [1.807, 2.05) is 17.1 Å². The number of carbonyl (C=O) groups excluding carboxylic acids is 1. The van der Waals surface area contributed by atoms with Gasteiger partial charge in [-0.3, -0.25) is 4.68 Å². The second-order valence-electron chi connectivity index (χ2n) is 11.1. The van der Waals surface area contributed by atoms with E-state index < -0.39 is 30.6 Å². The molecule has 2 fully saturated rings. The van der Waals surface area contributed by atoms with Crippen molar-refractivity contribution in [2.45, 2.75) is 76.0 Å². The first kappa shape index (κ1) is 28.2. The lowest BCUT2D eigenvalue weighted by molar-refractivity contribution is -0.220. The Morgan fingerprint density at radius 1 is 1.18 bits per heavy atom. The van der Waals surface area contributed by atoms with Crippen LogP contribution in [-0.2, 0) is 26.2 Å². The summed E-state index contributed by atoms with van der Waals surface area (Å²) in [5.74, 6) is 0.633.